The molecular formula is C19H17N3O2. The Hall–Kier alpha value is -3.21. The van der Waals surface area contributed by atoms with Crippen LogP contribution in [0.3, 0.4) is 0 Å². The first-order valence-electron chi connectivity index (χ1n) is 7.62. The highest BCUT2D eigenvalue weighted by molar-refractivity contribution is 5.91. The lowest BCUT2D eigenvalue weighted by atomic mass is 10.1. The van der Waals surface area contributed by atoms with Crippen molar-refractivity contribution < 1.29 is 9.53 Å². The number of ether oxygens (including phenoxy) is 1. The lowest BCUT2D eigenvalue weighted by molar-refractivity contribution is -0.115. The van der Waals surface area contributed by atoms with Crippen LogP contribution >= 0.6 is 0 Å². The largest absolute Gasteiger partial charge is 0.473 e. The minimum Gasteiger partial charge on any atom is -0.473 e. The van der Waals surface area contributed by atoms with Crippen LogP contribution in [0, 0.1) is 0 Å². The van der Waals surface area contributed by atoms with Gasteiger partial charge in [0.2, 0.25) is 11.8 Å². The number of nitrogens with zero attached hydrogens (tertiary/aromatic N) is 2. The molecule has 5 nitrogen and oxygen atoms in total. The number of benzene rings is 2. The number of carbonyl (C=O) groups excluding carboxylic acids is 1. The zero-order valence-electron chi connectivity index (χ0n) is 13.1. The molecule has 1 heterocycles. The number of aromatic nitrogens is 2. The van der Waals surface area contributed by atoms with E-state index < -0.39 is 0 Å². The van der Waals surface area contributed by atoms with Crippen molar-refractivity contribution in [2.45, 2.75) is 13.0 Å². The smallest absolute Gasteiger partial charge is 0.229 e. The summed E-state index contributed by atoms with van der Waals surface area (Å²) in [4.78, 5) is 20.2. The fourth-order valence-electron chi connectivity index (χ4n) is 2.19. The van der Waals surface area contributed by atoms with Gasteiger partial charge in [-0.05, 0) is 11.1 Å². The molecule has 1 aromatic heterocycles. The third kappa shape index (κ3) is 4.64. The van der Waals surface area contributed by atoms with Crippen molar-refractivity contribution in [2.75, 3.05) is 5.32 Å². The molecule has 0 aliphatic carbocycles. The van der Waals surface area contributed by atoms with Gasteiger partial charge in [0.15, 0.2) is 0 Å². The molecule has 120 valence electrons. The van der Waals surface area contributed by atoms with Crippen molar-refractivity contribution in [1.82, 2.24) is 9.97 Å². The number of anilines is 1. The van der Waals surface area contributed by atoms with Gasteiger partial charge in [-0.1, -0.05) is 60.7 Å². The number of rotatable bonds is 6. The van der Waals surface area contributed by atoms with Gasteiger partial charge in [0.1, 0.15) is 18.8 Å². The van der Waals surface area contributed by atoms with Crippen LogP contribution in [-0.2, 0) is 17.8 Å². The first kappa shape index (κ1) is 15.7. The lowest BCUT2D eigenvalue weighted by Gasteiger charge is -2.08. The minimum absolute atomic E-state index is 0.131. The fourth-order valence-corrected chi connectivity index (χ4v) is 2.19. The topological polar surface area (TPSA) is 64.1 Å². The highest BCUT2D eigenvalue weighted by Crippen LogP contribution is 2.13. The average molecular weight is 319 g/mol. The molecule has 3 aromatic rings. The van der Waals surface area contributed by atoms with Crippen molar-refractivity contribution in [3.05, 3.63) is 84.2 Å². The molecule has 24 heavy (non-hydrogen) atoms. The zero-order chi connectivity index (χ0) is 16.6. The van der Waals surface area contributed by atoms with Gasteiger partial charge in [0, 0.05) is 6.07 Å². The maximum absolute atomic E-state index is 12.1. The summed E-state index contributed by atoms with van der Waals surface area (Å²) in [5, 5.41) is 2.76. The Morgan fingerprint density at radius 1 is 0.917 bits per heavy atom. The maximum Gasteiger partial charge on any atom is 0.229 e. The molecular weight excluding hydrogens is 302 g/mol. The summed E-state index contributed by atoms with van der Waals surface area (Å²) < 4.78 is 5.63. The standard InChI is InChI=1S/C19H17N3O2/c23-18(11-15-7-3-1-4-8-15)22-17-12-19(21-14-20-17)24-13-16-9-5-2-6-10-16/h1-10,12,14H,11,13H2,(H,20,21,22,23). The Morgan fingerprint density at radius 3 is 2.29 bits per heavy atom. The van der Waals surface area contributed by atoms with Crippen molar-refractivity contribution in [1.29, 1.82) is 0 Å². The van der Waals surface area contributed by atoms with Gasteiger partial charge in [0.05, 0.1) is 6.42 Å². The van der Waals surface area contributed by atoms with Crippen LogP contribution in [0.5, 0.6) is 5.88 Å². The summed E-state index contributed by atoms with van der Waals surface area (Å²) in [5.41, 5.74) is 2.00. The van der Waals surface area contributed by atoms with Gasteiger partial charge >= 0.3 is 0 Å². The quantitative estimate of drug-likeness (QED) is 0.757. The molecule has 0 saturated heterocycles. The molecule has 0 bridgehead atoms. The van der Waals surface area contributed by atoms with Gasteiger partial charge in [-0.3, -0.25) is 4.79 Å². The second kappa shape index (κ2) is 7.87. The first-order valence-corrected chi connectivity index (χ1v) is 7.62. The van der Waals surface area contributed by atoms with Crippen molar-refractivity contribution in [2.24, 2.45) is 0 Å². The number of hydrogen-bond donors (Lipinski definition) is 1. The fraction of sp³-hybridized carbons (Fsp3) is 0.105. The van der Waals surface area contributed by atoms with E-state index >= 15 is 0 Å². The Kier molecular flexibility index (Phi) is 5.14. The second-order valence-electron chi connectivity index (χ2n) is 5.23. The van der Waals surface area contributed by atoms with E-state index in [9.17, 15) is 4.79 Å². The number of hydrogen-bond acceptors (Lipinski definition) is 4. The van der Waals surface area contributed by atoms with E-state index in [1.807, 2.05) is 60.7 Å². The van der Waals surface area contributed by atoms with E-state index in [4.69, 9.17) is 4.74 Å². The van der Waals surface area contributed by atoms with E-state index in [-0.39, 0.29) is 5.91 Å². The average Bonchev–Trinajstić information content (AvgIpc) is 2.62. The Labute approximate surface area is 140 Å². The summed E-state index contributed by atoms with van der Waals surface area (Å²) in [7, 11) is 0. The van der Waals surface area contributed by atoms with Crippen LogP contribution < -0.4 is 10.1 Å². The van der Waals surface area contributed by atoms with Crippen molar-refractivity contribution >= 4 is 11.7 Å². The third-order valence-corrected chi connectivity index (χ3v) is 3.35. The lowest BCUT2D eigenvalue weighted by Crippen LogP contribution is -2.15. The molecule has 1 amide bonds. The minimum atomic E-state index is -0.131. The number of amides is 1. The Morgan fingerprint density at radius 2 is 1.58 bits per heavy atom. The van der Waals surface area contributed by atoms with E-state index in [0.717, 1.165) is 11.1 Å². The normalized spacial score (nSPS) is 10.2. The van der Waals surface area contributed by atoms with Crippen molar-refractivity contribution in [3.8, 4) is 5.88 Å². The monoisotopic (exact) mass is 319 g/mol. The Bertz CT molecular complexity index is 792. The number of carbonyl (C=O) groups is 1. The molecule has 0 unspecified atom stereocenters. The van der Waals surface area contributed by atoms with Crippen LogP contribution in [0.1, 0.15) is 11.1 Å². The van der Waals surface area contributed by atoms with E-state index in [1.165, 1.54) is 6.33 Å². The van der Waals surface area contributed by atoms with Crippen LogP contribution in [0.2, 0.25) is 0 Å². The van der Waals surface area contributed by atoms with Crippen molar-refractivity contribution in [3.63, 3.8) is 0 Å². The molecule has 2 aromatic carbocycles. The van der Waals surface area contributed by atoms with Crippen LogP contribution in [0.15, 0.2) is 73.1 Å². The number of nitrogens with one attached hydrogen (secondary N) is 1. The summed E-state index contributed by atoms with van der Waals surface area (Å²) in [6, 6.07) is 21.0. The highest BCUT2D eigenvalue weighted by Gasteiger charge is 2.06. The molecule has 0 atom stereocenters. The molecule has 0 fully saturated rings. The van der Waals surface area contributed by atoms with E-state index in [0.29, 0.717) is 24.7 Å². The van der Waals surface area contributed by atoms with Crippen LogP contribution in [0.4, 0.5) is 5.82 Å². The van der Waals surface area contributed by atoms with Gasteiger partial charge in [0.25, 0.3) is 0 Å². The van der Waals surface area contributed by atoms with Gasteiger partial charge in [-0.15, -0.1) is 0 Å². The van der Waals surface area contributed by atoms with Gasteiger partial charge < -0.3 is 10.1 Å². The third-order valence-electron chi connectivity index (χ3n) is 3.35. The van der Waals surface area contributed by atoms with E-state index in [1.54, 1.807) is 6.07 Å². The molecule has 0 radical (unpaired) electrons. The summed E-state index contributed by atoms with van der Waals surface area (Å²) in [5.74, 6) is 0.715. The first-order chi connectivity index (χ1) is 11.8. The predicted molar refractivity (Wildman–Crippen MR) is 91.6 cm³/mol. The molecule has 0 spiro atoms. The summed E-state index contributed by atoms with van der Waals surface area (Å²) in [6.45, 7) is 0.412. The van der Waals surface area contributed by atoms with E-state index in [2.05, 4.69) is 15.3 Å². The molecule has 3 rings (SSSR count). The maximum atomic E-state index is 12.1. The SMILES string of the molecule is O=C(Cc1ccccc1)Nc1cc(OCc2ccccc2)ncn1. The molecule has 5 heteroatoms. The van der Waals surface area contributed by atoms with Crippen LogP contribution in [0.25, 0.3) is 0 Å². The Balaban J connectivity index is 1.57. The predicted octanol–water partition coefficient (Wildman–Crippen LogP) is 3.24. The highest BCUT2D eigenvalue weighted by atomic mass is 16.5. The summed E-state index contributed by atoms with van der Waals surface area (Å²) >= 11 is 0. The zero-order valence-corrected chi connectivity index (χ0v) is 13.1. The molecule has 0 aliphatic rings. The second-order valence-corrected chi connectivity index (χ2v) is 5.23. The molecule has 1 N–H and O–H groups in total. The molecule has 0 saturated carbocycles. The molecule has 0 aliphatic heterocycles. The van der Waals surface area contributed by atoms with Crippen LogP contribution in [-0.4, -0.2) is 15.9 Å². The summed E-state index contributed by atoms with van der Waals surface area (Å²) in [6.07, 6.45) is 1.67. The van der Waals surface area contributed by atoms with Gasteiger partial charge in [-0.25, -0.2) is 9.97 Å². The van der Waals surface area contributed by atoms with Gasteiger partial charge in [-0.2, -0.15) is 0 Å².